The molecule has 34 heavy (non-hydrogen) atoms. The molecule has 0 bridgehead atoms. The van der Waals surface area contributed by atoms with Gasteiger partial charge in [0.25, 0.3) is 0 Å². The normalized spacial score (nSPS) is 15.3. The van der Waals surface area contributed by atoms with E-state index in [1.165, 1.54) is 12.0 Å². The number of benzene rings is 2. The van der Waals surface area contributed by atoms with Crippen LogP contribution < -0.4 is 11.1 Å². The first-order valence-electron chi connectivity index (χ1n) is 11.7. The summed E-state index contributed by atoms with van der Waals surface area (Å²) in [5, 5.41) is 3.52. The fraction of sp³-hybridized carbons (Fsp3) is 0.143. The van der Waals surface area contributed by atoms with Gasteiger partial charge in [0.05, 0.1) is 22.8 Å². The number of aromatic nitrogens is 4. The summed E-state index contributed by atoms with van der Waals surface area (Å²) in [6.45, 7) is 0. The SMILES string of the molecule is NC1(c2ccc(-c3c(-c4cc[nH]c4)nc4n3-c3cccnc3Nc3ccccc3-4)cc2)CCC1. The first-order chi connectivity index (χ1) is 16.7. The highest BCUT2D eigenvalue weighted by Crippen LogP contribution is 2.45. The van der Waals surface area contributed by atoms with Crippen LogP contribution in [0.1, 0.15) is 24.8 Å². The molecular weight excluding hydrogens is 420 g/mol. The average molecular weight is 445 g/mol. The second-order valence-corrected chi connectivity index (χ2v) is 9.20. The van der Waals surface area contributed by atoms with Crippen LogP contribution in [0.5, 0.6) is 0 Å². The van der Waals surface area contributed by atoms with Gasteiger partial charge in [-0.15, -0.1) is 0 Å². The number of imidazole rings is 1. The van der Waals surface area contributed by atoms with Crippen molar-refractivity contribution in [3.63, 3.8) is 0 Å². The lowest BCUT2D eigenvalue weighted by molar-refractivity contribution is 0.253. The van der Waals surface area contributed by atoms with E-state index in [0.29, 0.717) is 0 Å². The van der Waals surface area contributed by atoms with Gasteiger partial charge >= 0.3 is 0 Å². The van der Waals surface area contributed by atoms with Gasteiger partial charge in [-0.05, 0) is 55.2 Å². The molecule has 166 valence electrons. The quantitative estimate of drug-likeness (QED) is 0.313. The lowest BCUT2D eigenvalue weighted by Crippen LogP contribution is -2.43. The van der Waals surface area contributed by atoms with Gasteiger partial charge in [-0.2, -0.15) is 0 Å². The van der Waals surface area contributed by atoms with Gasteiger partial charge in [-0.3, -0.25) is 4.57 Å². The van der Waals surface area contributed by atoms with E-state index in [0.717, 1.165) is 63.9 Å². The molecule has 3 aromatic heterocycles. The van der Waals surface area contributed by atoms with Gasteiger partial charge in [-0.25, -0.2) is 9.97 Å². The zero-order valence-corrected chi connectivity index (χ0v) is 18.6. The highest BCUT2D eigenvalue weighted by molar-refractivity contribution is 5.90. The number of fused-ring (bicyclic) bond motifs is 5. The number of nitrogens with two attached hydrogens (primary N) is 1. The van der Waals surface area contributed by atoms with Crippen LogP contribution in [0.2, 0.25) is 0 Å². The Morgan fingerprint density at radius 3 is 2.53 bits per heavy atom. The molecule has 1 aliphatic heterocycles. The second-order valence-electron chi connectivity index (χ2n) is 9.20. The Labute approximate surface area is 197 Å². The average Bonchev–Trinajstić information content (AvgIpc) is 3.49. The minimum Gasteiger partial charge on any atom is -0.367 e. The maximum atomic E-state index is 6.61. The van der Waals surface area contributed by atoms with E-state index in [-0.39, 0.29) is 5.54 Å². The van der Waals surface area contributed by atoms with Crippen molar-refractivity contribution in [2.24, 2.45) is 5.73 Å². The van der Waals surface area contributed by atoms with E-state index in [4.69, 9.17) is 10.7 Å². The highest BCUT2D eigenvalue weighted by atomic mass is 15.2. The van der Waals surface area contributed by atoms with Crippen LogP contribution in [-0.4, -0.2) is 19.5 Å². The number of rotatable bonds is 3. The van der Waals surface area contributed by atoms with Crippen LogP contribution in [0, 0.1) is 0 Å². The first-order valence-corrected chi connectivity index (χ1v) is 11.7. The number of H-pyrrole nitrogens is 1. The van der Waals surface area contributed by atoms with Crippen LogP contribution in [0.4, 0.5) is 11.5 Å². The van der Waals surface area contributed by atoms with Crippen molar-refractivity contribution in [2.75, 3.05) is 5.32 Å². The summed E-state index contributed by atoms with van der Waals surface area (Å²) in [7, 11) is 0. The van der Waals surface area contributed by atoms with Crippen molar-refractivity contribution in [3.8, 4) is 39.6 Å². The predicted molar refractivity (Wildman–Crippen MR) is 135 cm³/mol. The van der Waals surface area contributed by atoms with Crippen LogP contribution >= 0.6 is 0 Å². The summed E-state index contributed by atoms with van der Waals surface area (Å²) in [6, 6.07) is 23.1. The van der Waals surface area contributed by atoms with Gasteiger partial charge in [0, 0.05) is 40.8 Å². The molecule has 7 rings (SSSR count). The largest absolute Gasteiger partial charge is 0.367 e. The number of hydrogen-bond donors (Lipinski definition) is 3. The summed E-state index contributed by atoms with van der Waals surface area (Å²) in [4.78, 5) is 13.1. The van der Waals surface area contributed by atoms with E-state index in [1.54, 1.807) is 0 Å². The third kappa shape index (κ3) is 2.79. The summed E-state index contributed by atoms with van der Waals surface area (Å²) >= 11 is 0. The molecule has 6 nitrogen and oxygen atoms in total. The standard InChI is InChI=1S/C28H24N6/c29-28(13-4-14-28)20-10-8-18(9-11-20)25-24(19-12-16-30-17-19)33-27-21-5-1-2-6-22(21)32-26-23(34(25)27)7-3-15-31-26/h1-3,5-12,15-17,30H,4,13-14,29H2,(H,31,32). The van der Waals surface area contributed by atoms with Crippen molar-refractivity contribution < 1.29 is 0 Å². The van der Waals surface area contributed by atoms with E-state index < -0.39 is 0 Å². The number of nitrogens with zero attached hydrogens (tertiary/aromatic N) is 3. The zero-order valence-electron chi connectivity index (χ0n) is 18.6. The minimum absolute atomic E-state index is 0.185. The van der Waals surface area contributed by atoms with E-state index >= 15 is 0 Å². The molecule has 2 aromatic carbocycles. The molecular formula is C28H24N6. The summed E-state index contributed by atoms with van der Waals surface area (Å²) in [6.07, 6.45) is 9.04. The number of anilines is 2. The number of para-hydroxylation sites is 1. The zero-order chi connectivity index (χ0) is 22.7. The highest BCUT2D eigenvalue weighted by Gasteiger charge is 2.34. The number of nitrogens with one attached hydrogen (secondary N) is 2. The molecule has 0 atom stereocenters. The van der Waals surface area contributed by atoms with E-state index in [1.807, 2.05) is 36.8 Å². The molecule has 0 spiro atoms. The summed E-state index contributed by atoms with van der Waals surface area (Å²) in [5.41, 5.74) is 14.7. The topological polar surface area (TPSA) is 84.6 Å². The number of aromatic amines is 1. The molecule has 1 aliphatic carbocycles. The molecule has 0 radical (unpaired) electrons. The van der Waals surface area contributed by atoms with Gasteiger partial charge in [0.2, 0.25) is 0 Å². The summed E-state index contributed by atoms with van der Waals surface area (Å²) in [5.74, 6) is 1.69. The molecule has 4 N–H and O–H groups in total. The summed E-state index contributed by atoms with van der Waals surface area (Å²) < 4.78 is 2.24. The molecule has 6 heteroatoms. The van der Waals surface area contributed by atoms with Crippen molar-refractivity contribution in [2.45, 2.75) is 24.8 Å². The lowest BCUT2D eigenvalue weighted by Gasteiger charge is -2.38. The van der Waals surface area contributed by atoms with Crippen molar-refractivity contribution >= 4 is 11.5 Å². The predicted octanol–water partition coefficient (Wildman–Crippen LogP) is 5.99. The molecule has 0 unspecified atom stereocenters. The van der Waals surface area contributed by atoms with Crippen molar-refractivity contribution in [3.05, 3.63) is 90.9 Å². The van der Waals surface area contributed by atoms with Gasteiger partial charge in [0.15, 0.2) is 5.82 Å². The minimum atomic E-state index is -0.185. The fourth-order valence-electron chi connectivity index (χ4n) is 5.17. The van der Waals surface area contributed by atoms with Gasteiger partial charge in [-0.1, -0.05) is 36.4 Å². The third-order valence-corrected chi connectivity index (χ3v) is 7.18. The number of hydrogen-bond acceptors (Lipinski definition) is 4. The Morgan fingerprint density at radius 2 is 1.76 bits per heavy atom. The third-order valence-electron chi connectivity index (χ3n) is 7.18. The maximum absolute atomic E-state index is 6.61. The Bertz CT molecular complexity index is 1510. The lowest BCUT2D eigenvalue weighted by atomic mass is 9.72. The second kappa shape index (κ2) is 7.17. The smallest absolute Gasteiger partial charge is 0.154 e. The van der Waals surface area contributed by atoms with Crippen LogP contribution in [0.3, 0.4) is 0 Å². The van der Waals surface area contributed by atoms with Crippen LogP contribution in [-0.2, 0) is 5.54 Å². The van der Waals surface area contributed by atoms with E-state index in [9.17, 15) is 0 Å². The Morgan fingerprint density at radius 1 is 0.912 bits per heavy atom. The molecule has 0 saturated heterocycles. The molecule has 1 fully saturated rings. The van der Waals surface area contributed by atoms with Crippen molar-refractivity contribution in [1.82, 2.24) is 19.5 Å². The molecule has 5 aromatic rings. The molecule has 2 aliphatic rings. The molecule has 4 heterocycles. The maximum Gasteiger partial charge on any atom is 0.154 e. The van der Waals surface area contributed by atoms with Gasteiger partial charge < -0.3 is 16.0 Å². The van der Waals surface area contributed by atoms with Gasteiger partial charge in [0.1, 0.15) is 5.82 Å². The molecule has 0 amide bonds. The Kier molecular flexibility index (Phi) is 4.07. The van der Waals surface area contributed by atoms with Crippen LogP contribution in [0.15, 0.2) is 85.3 Å². The number of pyridine rings is 1. The monoisotopic (exact) mass is 444 g/mol. The van der Waals surface area contributed by atoms with E-state index in [2.05, 4.69) is 68.4 Å². The van der Waals surface area contributed by atoms with Crippen LogP contribution in [0.25, 0.3) is 39.6 Å². The Hall–Kier alpha value is -4.16. The molecule has 1 saturated carbocycles. The fourth-order valence-corrected chi connectivity index (χ4v) is 5.17. The van der Waals surface area contributed by atoms with Crippen molar-refractivity contribution in [1.29, 1.82) is 0 Å². The Balaban J connectivity index is 1.53. The first kappa shape index (κ1) is 19.3.